The molecule has 1 amide bonds. The van der Waals surface area contributed by atoms with Crippen LogP contribution < -0.4 is 10.1 Å². The molecule has 0 radical (unpaired) electrons. The standard InChI is InChI=1S/C35H34Cl2N4O4/c1-21(22-6-8-23(9-7-22)34(43)38-13-12-33(42)45-35(2,3)4)41-32(19-31(40-41)25-15-27(36)17-28(37)16-25)26-14-24-10-11-29(44-5)18-30(24)39-20-26/h6-11,14-21H,12-13H2,1-5H3,(H,38,43)/t21-/m0/s1. The second kappa shape index (κ2) is 13.3. The fourth-order valence-corrected chi connectivity index (χ4v) is 5.47. The summed E-state index contributed by atoms with van der Waals surface area (Å²) in [5, 5.41) is 9.77. The highest BCUT2D eigenvalue weighted by atomic mass is 35.5. The van der Waals surface area contributed by atoms with Gasteiger partial charge in [0.1, 0.15) is 11.4 Å². The van der Waals surface area contributed by atoms with Crippen molar-refractivity contribution in [3.8, 4) is 28.3 Å². The number of aromatic nitrogens is 3. The first-order chi connectivity index (χ1) is 21.4. The molecule has 0 aliphatic rings. The van der Waals surface area contributed by atoms with E-state index < -0.39 is 5.60 Å². The van der Waals surface area contributed by atoms with E-state index in [2.05, 4.69) is 11.4 Å². The molecule has 0 aliphatic heterocycles. The van der Waals surface area contributed by atoms with Crippen molar-refractivity contribution in [3.05, 3.63) is 100 Å². The summed E-state index contributed by atoms with van der Waals surface area (Å²) in [6.07, 6.45) is 1.92. The maximum atomic E-state index is 12.7. The number of carbonyl (C=O) groups is 2. The Labute approximate surface area is 272 Å². The van der Waals surface area contributed by atoms with Crippen LogP contribution in [0.3, 0.4) is 0 Å². The quantitative estimate of drug-likeness (QED) is 0.163. The lowest BCUT2D eigenvalue weighted by molar-refractivity contribution is -0.154. The number of hydrogen-bond acceptors (Lipinski definition) is 6. The van der Waals surface area contributed by atoms with E-state index in [4.69, 9.17) is 42.8 Å². The average Bonchev–Trinajstić information content (AvgIpc) is 3.44. The Kier molecular flexibility index (Phi) is 9.46. The molecule has 3 aromatic carbocycles. The van der Waals surface area contributed by atoms with Gasteiger partial charge in [-0.1, -0.05) is 35.3 Å². The number of benzene rings is 3. The Bertz CT molecular complexity index is 1840. The molecule has 10 heteroatoms. The van der Waals surface area contributed by atoms with Gasteiger partial charge in [-0.05, 0) is 87.9 Å². The van der Waals surface area contributed by atoms with E-state index >= 15 is 0 Å². The lowest BCUT2D eigenvalue weighted by Gasteiger charge is -2.19. The molecule has 2 aromatic heterocycles. The third-order valence-electron chi connectivity index (χ3n) is 7.14. The fourth-order valence-electron chi connectivity index (χ4n) is 4.94. The van der Waals surface area contributed by atoms with Crippen molar-refractivity contribution in [2.45, 2.75) is 45.8 Å². The molecule has 0 saturated heterocycles. The largest absolute Gasteiger partial charge is 0.497 e. The van der Waals surface area contributed by atoms with Crippen molar-refractivity contribution in [1.29, 1.82) is 0 Å². The molecule has 45 heavy (non-hydrogen) atoms. The first-order valence-corrected chi connectivity index (χ1v) is 15.3. The topological polar surface area (TPSA) is 95.3 Å². The van der Waals surface area contributed by atoms with Crippen molar-refractivity contribution in [2.75, 3.05) is 13.7 Å². The molecule has 0 saturated carbocycles. The van der Waals surface area contributed by atoms with Crippen molar-refractivity contribution in [3.63, 3.8) is 0 Å². The molecular formula is C35H34Cl2N4O4. The summed E-state index contributed by atoms with van der Waals surface area (Å²) in [5.41, 5.74) is 4.91. The van der Waals surface area contributed by atoms with Gasteiger partial charge in [-0.25, -0.2) is 0 Å². The third-order valence-corrected chi connectivity index (χ3v) is 7.57. The minimum atomic E-state index is -0.567. The number of nitrogens with one attached hydrogen (secondary N) is 1. The van der Waals surface area contributed by atoms with Crippen LogP contribution in [0, 0.1) is 0 Å². The Morgan fingerprint density at radius 1 is 0.933 bits per heavy atom. The number of amides is 1. The molecule has 0 spiro atoms. The molecule has 1 atom stereocenters. The molecule has 5 rings (SSSR count). The molecule has 1 N–H and O–H groups in total. The van der Waals surface area contributed by atoms with Crippen LogP contribution in [0.5, 0.6) is 5.75 Å². The molecule has 5 aromatic rings. The summed E-state index contributed by atoms with van der Waals surface area (Å²) in [5.74, 6) is 0.112. The van der Waals surface area contributed by atoms with Gasteiger partial charge >= 0.3 is 5.97 Å². The number of hydrogen-bond donors (Lipinski definition) is 1. The number of esters is 1. The van der Waals surface area contributed by atoms with Gasteiger partial charge in [0.15, 0.2) is 0 Å². The highest BCUT2D eigenvalue weighted by Crippen LogP contribution is 2.34. The van der Waals surface area contributed by atoms with Gasteiger partial charge in [0.2, 0.25) is 0 Å². The van der Waals surface area contributed by atoms with Crippen LogP contribution in [-0.2, 0) is 9.53 Å². The zero-order valence-electron chi connectivity index (χ0n) is 25.7. The number of fused-ring (bicyclic) bond motifs is 1. The van der Waals surface area contributed by atoms with E-state index in [1.807, 2.05) is 87.1 Å². The molecule has 0 unspecified atom stereocenters. The van der Waals surface area contributed by atoms with Crippen LogP contribution in [0.1, 0.15) is 56.1 Å². The van der Waals surface area contributed by atoms with Crippen molar-refractivity contribution in [1.82, 2.24) is 20.1 Å². The smallest absolute Gasteiger partial charge is 0.308 e. The number of ether oxygens (including phenoxy) is 2. The van der Waals surface area contributed by atoms with Crippen LogP contribution in [0.15, 0.2) is 79.0 Å². The number of rotatable bonds is 9. The molecule has 232 valence electrons. The Morgan fingerprint density at radius 2 is 1.64 bits per heavy atom. The molecule has 8 nitrogen and oxygen atoms in total. The van der Waals surface area contributed by atoms with Crippen molar-refractivity contribution < 1.29 is 19.1 Å². The number of halogens is 2. The van der Waals surface area contributed by atoms with Crippen molar-refractivity contribution in [2.24, 2.45) is 0 Å². The summed E-state index contributed by atoms with van der Waals surface area (Å²) in [6, 6.07) is 22.3. The zero-order chi connectivity index (χ0) is 32.3. The predicted molar refractivity (Wildman–Crippen MR) is 178 cm³/mol. The SMILES string of the molecule is COc1ccc2cc(-c3cc(-c4cc(Cl)cc(Cl)c4)nn3[C@@H](C)c3ccc(C(=O)NCCC(=O)OC(C)(C)C)cc3)cnc2c1. The first kappa shape index (κ1) is 32.0. The minimum Gasteiger partial charge on any atom is -0.497 e. The van der Waals surface area contributed by atoms with Crippen LogP contribution in [0.4, 0.5) is 0 Å². The number of methoxy groups -OCH3 is 1. The van der Waals surface area contributed by atoms with Crippen molar-refractivity contribution >= 4 is 46.0 Å². The lowest BCUT2D eigenvalue weighted by atomic mass is 10.0. The summed E-state index contributed by atoms with van der Waals surface area (Å²) in [7, 11) is 1.63. The van der Waals surface area contributed by atoms with Gasteiger partial charge in [0, 0.05) is 50.9 Å². The molecule has 0 aliphatic carbocycles. The summed E-state index contributed by atoms with van der Waals surface area (Å²) >= 11 is 12.7. The van der Waals surface area contributed by atoms with E-state index in [1.54, 1.807) is 25.3 Å². The summed E-state index contributed by atoms with van der Waals surface area (Å²) in [6.45, 7) is 7.65. The molecule has 2 heterocycles. The van der Waals surface area contributed by atoms with E-state index in [9.17, 15) is 9.59 Å². The monoisotopic (exact) mass is 644 g/mol. The van der Waals surface area contributed by atoms with Gasteiger partial charge in [0.25, 0.3) is 5.91 Å². The van der Waals surface area contributed by atoms with Crippen LogP contribution in [0.2, 0.25) is 10.0 Å². The van der Waals surface area contributed by atoms with E-state index in [-0.39, 0.29) is 30.9 Å². The second-order valence-corrected chi connectivity index (χ2v) is 12.6. The summed E-state index contributed by atoms with van der Waals surface area (Å²) in [4.78, 5) is 29.4. The van der Waals surface area contributed by atoms with Crippen LogP contribution >= 0.6 is 23.2 Å². The lowest BCUT2D eigenvalue weighted by Crippen LogP contribution is -2.29. The normalized spacial score (nSPS) is 12.2. The van der Waals surface area contributed by atoms with E-state index in [0.29, 0.717) is 21.3 Å². The predicted octanol–water partition coefficient (Wildman–Crippen LogP) is 8.15. The minimum absolute atomic E-state index is 0.0948. The molecule has 0 bridgehead atoms. The summed E-state index contributed by atoms with van der Waals surface area (Å²) < 4.78 is 12.6. The highest BCUT2D eigenvalue weighted by molar-refractivity contribution is 6.35. The fraction of sp³-hybridized carbons (Fsp3) is 0.257. The average molecular weight is 646 g/mol. The Balaban J connectivity index is 1.43. The van der Waals surface area contributed by atoms with E-state index in [1.165, 1.54) is 0 Å². The molecule has 0 fully saturated rings. The van der Waals surface area contributed by atoms with Gasteiger partial charge < -0.3 is 14.8 Å². The Hall–Kier alpha value is -4.40. The number of nitrogens with zero attached hydrogens (tertiary/aromatic N) is 3. The second-order valence-electron chi connectivity index (χ2n) is 11.7. The Morgan fingerprint density at radius 3 is 2.31 bits per heavy atom. The number of carbonyl (C=O) groups excluding carboxylic acids is 2. The van der Waals surface area contributed by atoms with Crippen LogP contribution in [0.25, 0.3) is 33.4 Å². The number of pyridine rings is 1. The molecular weight excluding hydrogens is 611 g/mol. The highest BCUT2D eigenvalue weighted by Gasteiger charge is 2.20. The first-order valence-electron chi connectivity index (χ1n) is 14.5. The van der Waals surface area contributed by atoms with E-state index in [0.717, 1.165) is 39.0 Å². The van der Waals surface area contributed by atoms with Gasteiger partial charge in [-0.3, -0.25) is 19.3 Å². The van der Waals surface area contributed by atoms with Gasteiger partial charge in [-0.15, -0.1) is 0 Å². The van der Waals surface area contributed by atoms with Crippen LogP contribution in [-0.4, -0.2) is 45.9 Å². The zero-order valence-corrected chi connectivity index (χ0v) is 27.2. The maximum Gasteiger partial charge on any atom is 0.308 e. The maximum absolute atomic E-state index is 12.7. The van der Waals surface area contributed by atoms with Gasteiger partial charge in [0.05, 0.1) is 36.5 Å². The van der Waals surface area contributed by atoms with Gasteiger partial charge in [-0.2, -0.15) is 5.10 Å². The third kappa shape index (κ3) is 7.82.